The van der Waals surface area contributed by atoms with Crippen LogP contribution in [0.25, 0.3) is 0 Å². The molecule has 0 saturated carbocycles. The highest BCUT2D eigenvalue weighted by Crippen LogP contribution is 2.12. The summed E-state index contributed by atoms with van der Waals surface area (Å²) in [5.41, 5.74) is 0.461. The summed E-state index contributed by atoms with van der Waals surface area (Å²) >= 11 is 0. The Morgan fingerprint density at radius 2 is 1.65 bits per heavy atom. The van der Waals surface area contributed by atoms with Crippen molar-refractivity contribution in [1.29, 1.82) is 0 Å². The fourth-order valence-electron chi connectivity index (χ4n) is 1.94. The minimum absolute atomic E-state index is 0.293. The minimum atomic E-state index is -0.293. The van der Waals surface area contributed by atoms with Crippen LogP contribution in [0.3, 0.4) is 0 Å². The van der Waals surface area contributed by atoms with E-state index < -0.39 is 0 Å². The minimum Gasteiger partial charge on any atom is -0.462 e. The highest BCUT2D eigenvalue weighted by molar-refractivity contribution is 5.86. The molecule has 3 nitrogen and oxygen atoms in total. The van der Waals surface area contributed by atoms with Crippen LogP contribution in [0.5, 0.6) is 0 Å². The fourth-order valence-corrected chi connectivity index (χ4v) is 1.94. The van der Waals surface area contributed by atoms with Crippen LogP contribution in [0.15, 0.2) is 12.2 Å². The number of carbonyl (C=O) groups excluding carboxylic acids is 1. The molecular weight excluding hydrogens is 252 g/mol. The van der Waals surface area contributed by atoms with Crippen molar-refractivity contribution in [2.75, 3.05) is 13.2 Å². The Labute approximate surface area is 124 Å². The lowest BCUT2D eigenvalue weighted by Crippen LogP contribution is -2.16. The van der Waals surface area contributed by atoms with E-state index >= 15 is 0 Å². The molecule has 3 heteroatoms. The van der Waals surface area contributed by atoms with E-state index in [0.717, 1.165) is 32.3 Å². The van der Waals surface area contributed by atoms with Crippen molar-refractivity contribution < 1.29 is 14.3 Å². The lowest BCUT2D eigenvalue weighted by molar-refractivity contribution is -0.139. The third-order valence-electron chi connectivity index (χ3n) is 3.23. The summed E-state index contributed by atoms with van der Waals surface area (Å²) < 4.78 is 11.1. The molecule has 0 bridgehead atoms. The van der Waals surface area contributed by atoms with Crippen molar-refractivity contribution in [3.05, 3.63) is 12.2 Å². The average molecular weight is 284 g/mol. The monoisotopic (exact) mass is 284 g/mol. The van der Waals surface area contributed by atoms with E-state index in [-0.39, 0.29) is 5.97 Å². The Kier molecular flexibility index (Phi) is 12.6. The Bertz CT molecular complexity index is 261. The second-order valence-electron chi connectivity index (χ2n) is 5.40. The molecule has 0 spiro atoms. The quantitative estimate of drug-likeness (QED) is 0.280. The second-order valence-corrected chi connectivity index (χ2v) is 5.40. The summed E-state index contributed by atoms with van der Waals surface area (Å²) in [4.78, 5) is 11.3. The maximum Gasteiger partial charge on any atom is 0.333 e. The Morgan fingerprint density at radius 1 is 1.00 bits per heavy atom. The summed E-state index contributed by atoms with van der Waals surface area (Å²) in [7, 11) is 0. The van der Waals surface area contributed by atoms with Crippen molar-refractivity contribution in [3.8, 4) is 0 Å². The average Bonchev–Trinajstić information content (AvgIpc) is 2.43. The first-order valence-corrected chi connectivity index (χ1v) is 8.06. The number of hydrogen-bond donors (Lipinski definition) is 0. The van der Waals surface area contributed by atoms with Crippen LogP contribution >= 0.6 is 0 Å². The van der Waals surface area contributed by atoms with E-state index in [1.807, 2.05) is 0 Å². The van der Waals surface area contributed by atoms with Gasteiger partial charge in [0.15, 0.2) is 0 Å². The lowest BCUT2D eigenvalue weighted by atomic mass is 10.1. The summed E-state index contributed by atoms with van der Waals surface area (Å²) in [6, 6.07) is 0. The number of ether oxygens (including phenoxy) is 2. The van der Waals surface area contributed by atoms with Gasteiger partial charge >= 0.3 is 5.97 Å². The molecule has 0 radical (unpaired) electrons. The maximum atomic E-state index is 11.3. The zero-order chi connectivity index (χ0) is 15.2. The van der Waals surface area contributed by atoms with Gasteiger partial charge in [-0.05, 0) is 32.6 Å². The van der Waals surface area contributed by atoms with Crippen LogP contribution in [-0.4, -0.2) is 25.3 Å². The molecule has 0 saturated heterocycles. The number of esters is 1. The zero-order valence-electron chi connectivity index (χ0n) is 13.6. The number of rotatable bonds is 13. The summed E-state index contributed by atoms with van der Waals surface area (Å²) in [5.74, 6) is -0.293. The molecule has 0 N–H and O–H groups in total. The third kappa shape index (κ3) is 11.0. The zero-order valence-corrected chi connectivity index (χ0v) is 13.6. The van der Waals surface area contributed by atoms with Gasteiger partial charge in [0.2, 0.25) is 0 Å². The molecule has 0 aliphatic rings. The molecule has 0 heterocycles. The molecule has 20 heavy (non-hydrogen) atoms. The predicted octanol–water partition coefficient (Wildman–Crippen LogP) is 4.65. The third-order valence-corrected chi connectivity index (χ3v) is 3.23. The first-order chi connectivity index (χ1) is 9.61. The van der Waals surface area contributed by atoms with Crippen molar-refractivity contribution in [2.45, 2.75) is 78.2 Å². The smallest absolute Gasteiger partial charge is 0.333 e. The van der Waals surface area contributed by atoms with Crippen molar-refractivity contribution in [3.63, 3.8) is 0 Å². The highest BCUT2D eigenvalue weighted by Gasteiger charge is 2.09. The SMILES string of the molecule is C=C(C)C(=O)OCCCC(CCCC)OCCCCC. The van der Waals surface area contributed by atoms with Crippen molar-refractivity contribution in [2.24, 2.45) is 0 Å². The topological polar surface area (TPSA) is 35.5 Å². The normalized spacial score (nSPS) is 12.2. The van der Waals surface area contributed by atoms with Crippen LogP contribution in [0.1, 0.15) is 72.1 Å². The van der Waals surface area contributed by atoms with Crippen LogP contribution in [-0.2, 0) is 14.3 Å². The van der Waals surface area contributed by atoms with Crippen LogP contribution in [0.2, 0.25) is 0 Å². The molecule has 0 rings (SSSR count). The van der Waals surface area contributed by atoms with Crippen LogP contribution in [0, 0.1) is 0 Å². The lowest BCUT2D eigenvalue weighted by Gasteiger charge is -2.17. The fraction of sp³-hybridized carbons (Fsp3) is 0.824. The van der Waals surface area contributed by atoms with Gasteiger partial charge in [-0.15, -0.1) is 0 Å². The highest BCUT2D eigenvalue weighted by atomic mass is 16.5. The van der Waals surface area contributed by atoms with Gasteiger partial charge in [0.05, 0.1) is 12.7 Å². The number of hydrogen-bond acceptors (Lipinski definition) is 3. The first-order valence-electron chi connectivity index (χ1n) is 8.06. The molecule has 1 unspecified atom stereocenters. The van der Waals surface area contributed by atoms with E-state index in [1.165, 1.54) is 25.7 Å². The summed E-state index contributed by atoms with van der Waals surface area (Å²) in [6.07, 6.45) is 9.24. The Morgan fingerprint density at radius 3 is 2.25 bits per heavy atom. The van der Waals surface area contributed by atoms with Gasteiger partial charge in [-0.3, -0.25) is 0 Å². The Balaban J connectivity index is 3.79. The van der Waals surface area contributed by atoms with E-state index in [2.05, 4.69) is 20.4 Å². The van der Waals surface area contributed by atoms with Gasteiger partial charge in [-0.2, -0.15) is 0 Å². The maximum absolute atomic E-state index is 11.3. The molecule has 0 aromatic heterocycles. The molecule has 0 aromatic carbocycles. The van der Waals surface area contributed by atoms with E-state index in [4.69, 9.17) is 9.47 Å². The molecular formula is C17H32O3. The molecule has 118 valence electrons. The largest absolute Gasteiger partial charge is 0.462 e. The summed E-state index contributed by atoms with van der Waals surface area (Å²) in [6.45, 7) is 11.0. The summed E-state index contributed by atoms with van der Waals surface area (Å²) in [5, 5.41) is 0. The van der Waals surface area contributed by atoms with E-state index in [9.17, 15) is 4.79 Å². The molecule has 0 fully saturated rings. The van der Waals surface area contributed by atoms with Crippen LogP contribution in [0.4, 0.5) is 0 Å². The van der Waals surface area contributed by atoms with Gasteiger partial charge in [0.1, 0.15) is 0 Å². The predicted molar refractivity (Wildman–Crippen MR) is 83.8 cm³/mol. The van der Waals surface area contributed by atoms with Gasteiger partial charge < -0.3 is 9.47 Å². The van der Waals surface area contributed by atoms with E-state index in [1.54, 1.807) is 6.92 Å². The molecule has 0 aliphatic carbocycles. The van der Waals surface area contributed by atoms with Gasteiger partial charge in [-0.1, -0.05) is 46.1 Å². The van der Waals surface area contributed by atoms with Crippen molar-refractivity contribution in [1.82, 2.24) is 0 Å². The molecule has 0 aromatic rings. The molecule has 1 atom stereocenters. The van der Waals surface area contributed by atoms with Crippen LogP contribution < -0.4 is 0 Å². The van der Waals surface area contributed by atoms with Gasteiger partial charge in [0, 0.05) is 12.2 Å². The standard InChI is InChI=1S/C17H32O3/c1-5-7-9-13-19-16(11-8-6-2)12-10-14-20-17(18)15(3)4/h16H,3,5-14H2,1-2,4H3. The van der Waals surface area contributed by atoms with Gasteiger partial charge in [-0.25, -0.2) is 4.79 Å². The Hall–Kier alpha value is -0.830. The first kappa shape index (κ1) is 19.2. The molecule has 0 aliphatic heterocycles. The number of unbranched alkanes of at least 4 members (excludes halogenated alkanes) is 3. The second kappa shape index (κ2) is 13.2. The van der Waals surface area contributed by atoms with Crippen molar-refractivity contribution >= 4 is 5.97 Å². The van der Waals surface area contributed by atoms with Gasteiger partial charge in [0.25, 0.3) is 0 Å². The molecule has 0 amide bonds. The van der Waals surface area contributed by atoms with E-state index in [0.29, 0.717) is 18.3 Å². The number of carbonyl (C=O) groups is 1.